The number of nitrogens with one attached hydrogen (secondary N) is 1. The lowest BCUT2D eigenvalue weighted by Crippen LogP contribution is -2.40. The number of benzene rings is 1. The molecule has 0 aliphatic heterocycles. The summed E-state index contributed by atoms with van der Waals surface area (Å²) in [5.74, 6) is 0. The van der Waals surface area contributed by atoms with Gasteiger partial charge in [-0.3, -0.25) is 0 Å². The molecule has 1 aromatic carbocycles. The fourth-order valence-corrected chi connectivity index (χ4v) is 3.06. The van der Waals surface area contributed by atoms with Crippen molar-refractivity contribution in [1.82, 2.24) is 5.32 Å². The largest absolute Gasteiger partial charge is 0.394 e. The normalized spacial score (nSPS) is 24.7. The van der Waals surface area contributed by atoms with Crippen molar-refractivity contribution in [1.29, 1.82) is 0 Å². The van der Waals surface area contributed by atoms with Crippen molar-refractivity contribution >= 4 is 0 Å². The van der Waals surface area contributed by atoms with E-state index in [-0.39, 0.29) is 12.6 Å². The summed E-state index contributed by atoms with van der Waals surface area (Å²) < 4.78 is 0. The Balaban J connectivity index is 1.98. The van der Waals surface area contributed by atoms with E-state index in [4.69, 9.17) is 0 Å². The van der Waals surface area contributed by atoms with Gasteiger partial charge in [-0.05, 0) is 30.2 Å². The third-order valence-electron chi connectivity index (χ3n) is 4.03. The van der Waals surface area contributed by atoms with Crippen molar-refractivity contribution < 1.29 is 5.11 Å². The van der Waals surface area contributed by atoms with E-state index in [0.29, 0.717) is 11.5 Å². The number of rotatable bonds is 4. The lowest BCUT2D eigenvalue weighted by Gasteiger charge is -2.37. The molecule has 18 heavy (non-hydrogen) atoms. The van der Waals surface area contributed by atoms with Crippen LogP contribution in [-0.2, 0) is 0 Å². The second-order valence-electron chi connectivity index (χ2n) is 6.27. The van der Waals surface area contributed by atoms with Crippen LogP contribution in [0.3, 0.4) is 0 Å². The van der Waals surface area contributed by atoms with Gasteiger partial charge < -0.3 is 10.4 Å². The van der Waals surface area contributed by atoms with Crippen molar-refractivity contribution in [3.8, 4) is 0 Å². The fourth-order valence-electron chi connectivity index (χ4n) is 3.06. The average Bonchev–Trinajstić information content (AvgIpc) is 2.36. The van der Waals surface area contributed by atoms with E-state index in [9.17, 15) is 5.11 Å². The zero-order valence-electron chi connectivity index (χ0n) is 11.5. The first kappa shape index (κ1) is 13.6. The van der Waals surface area contributed by atoms with Crippen LogP contribution in [0.1, 0.15) is 51.1 Å². The second kappa shape index (κ2) is 5.85. The molecule has 1 aromatic rings. The maximum absolute atomic E-state index is 9.58. The molecule has 2 rings (SSSR count). The predicted octanol–water partition coefficient (Wildman–Crippen LogP) is 3.28. The molecule has 100 valence electrons. The summed E-state index contributed by atoms with van der Waals surface area (Å²) in [5.41, 5.74) is 1.62. The Morgan fingerprint density at radius 1 is 1.33 bits per heavy atom. The SMILES string of the molecule is CC1(C)CCCC(N[C@@H](CO)c2ccccc2)C1. The molecule has 0 amide bonds. The monoisotopic (exact) mass is 247 g/mol. The molecule has 1 saturated carbocycles. The van der Waals surface area contributed by atoms with E-state index in [1.54, 1.807) is 0 Å². The molecule has 0 aromatic heterocycles. The summed E-state index contributed by atoms with van der Waals surface area (Å²) in [5, 5.41) is 13.2. The van der Waals surface area contributed by atoms with Crippen LogP contribution in [0.4, 0.5) is 0 Å². The zero-order valence-corrected chi connectivity index (χ0v) is 11.5. The van der Waals surface area contributed by atoms with Gasteiger partial charge in [-0.2, -0.15) is 0 Å². The molecule has 0 saturated heterocycles. The molecule has 1 aliphatic rings. The molecule has 0 radical (unpaired) electrons. The van der Waals surface area contributed by atoms with Crippen LogP contribution in [0, 0.1) is 5.41 Å². The average molecular weight is 247 g/mol. The van der Waals surface area contributed by atoms with Gasteiger partial charge in [-0.1, -0.05) is 50.6 Å². The summed E-state index contributed by atoms with van der Waals surface area (Å²) in [6.07, 6.45) is 5.04. The lowest BCUT2D eigenvalue weighted by molar-refractivity contribution is 0.166. The minimum Gasteiger partial charge on any atom is -0.394 e. The van der Waals surface area contributed by atoms with E-state index in [1.807, 2.05) is 18.2 Å². The molecule has 2 nitrogen and oxygen atoms in total. The van der Waals surface area contributed by atoms with Crippen LogP contribution in [0.15, 0.2) is 30.3 Å². The Labute approximate surface area is 110 Å². The molecule has 0 spiro atoms. The Kier molecular flexibility index (Phi) is 4.41. The minimum atomic E-state index is 0.0742. The van der Waals surface area contributed by atoms with Crippen molar-refractivity contribution in [2.45, 2.75) is 51.6 Å². The molecular weight excluding hydrogens is 222 g/mol. The van der Waals surface area contributed by atoms with E-state index >= 15 is 0 Å². The third-order valence-corrected chi connectivity index (χ3v) is 4.03. The van der Waals surface area contributed by atoms with Crippen molar-refractivity contribution in [2.24, 2.45) is 5.41 Å². The molecule has 2 N–H and O–H groups in total. The molecule has 1 unspecified atom stereocenters. The Morgan fingerprint density at radius 3 is 2.67 bits per heavy atom. The van der Waals surface area contributed by atoms with Crippen molar-refractivity contribution in [2.75, 3.05) is 6.61 Å². The first-order chi connectivity index (χ1) is 8.61. The van der Waals surface area contributed by atoms with Gasteiger partial charge in [-0.15, -0.1) is 0 Å². The summed E-state index contributed by atoms with van der Waals surface area (Å²) in [7, 11) is 0. The van der Waals surface area contributed by atoms with Crippen LogP contribution in [-0.4, -0.2) is 17.8 Å². The van der Waals surface area contributed by atoms with E-state index in [1.165, 1.54) is 31.2 Å². The highest BCUT2D eigenvalue weighted by molar-refractivity contribution is 5.19. The van der Waals surface area contributed by atoms with E-state index in [0.717, 1.165) is 0 Å². The molecule has 0 heterocycles. The Morgan fingerprint density at radius 2 is 2.06 bits per heavy atom. The Bertz CT molecular complexity index is 361. The molecular formula is C16H25NO. The van der Waals surface area contributed by atoms with E-state index < -0.39 is 0 Å². The topological polar surface area (TPSA) is 32.3 Å². The van der Waals surface area contributed by atoms with Crippen LogP contribution < -0.4 is 5.32 Å². The molecule has 1 aliphatic carbocycles. The van der Waals surface area contributed by atoms with Gasteiger partial charge in [-0.25, -0.2) is 0 Å². The number of hydrogen-bond acceptors (Lipinski definition) is 2. The number of aliphatic hydroxyl groups is 1. The third kappa shape index (κ3) is 3.56. The van der Waals surface area contributed by atoms with E-state index in [2.05, 4.69) is 31.3 Å². The summed E-state index contributed by atoms with van der Waals surface area (Å²) >= 11 is 0. The predicted molar refractivity (Wildman–Crippen MR) is 75.4 cm³/mol. The minimum absolute atomic E-state index is 0.0742. The first-order valence-corrected chi connectivity index (χ1v) is 7.02. The summed E-state index contributed by atoms with van der Waals surface area (Å²) in [6.45, 7) is 4.86. The quantitative estimate of drug-likeness (QED) is 0.856. The van der Waals surface area contributed by atoms with Gasteiger partial charge in [0.1, 0.15) is 0 Å². The standard InChI is InChI=1S/C16H25NO/c1-16(2)10-6-9-14(11-16)17-15(12-18)13-7-4-3-5-8-13/h3-5,7-8,14-15,17-18H,6,9-12H2,1-2H3/t14?,15-/m0/s1. The zero-order chi connectivity index (χ0) is 13.0. The highest BCUT2D eigenvalue weighted by Crippen LogP contribution is 2.35. The highest BCUT2D eigenvalue weighted by Gasteiger charge is 2.29. The van der Waals surface area contributed by atoms with Gasteiger partial charge in [0.15, 0.2) is 0 Å². The number of aliphatic hydroxyl groups excluding tert-OH is 1. The highest BCUT2D eigenvalue weighted by atomic mass is 16.3. The smallest absolute Gasteiger partial charge is 0.0626 e. The van der Waals surface area contributed by atoms with Crippen molar-refractivity contribution in [3.05, 3.63) is 35.9 Å². The van der Waals surface area contributed by atoms with Crippen molar-refractivity contribution in [3.63, 3.8) is 0 Å². The maximum Gasteiger partial charge on any atom is 0.0626 e. The lowest BCUT2D eigenvalue weighted by atomic mass is 9.75. The molecule has 2 atom stereocenters. The van der Waals surface area contributed by atoms with Crippen LogP contribution in [0.2, 0.25) is 0 Å². The van der Waals surface area contributed by atoms with Gasteiger partial charge >= 0.3 is 0 Å². The molecule has 2 heteroatoms. The van der Waals surface area contributed by atoms with Crippen LogP contribution >= 0.6 is 0 Å². The Hall–Kier alpha value is -0.860. The van der Waals surface area contributed by atoms with Gasteiger partial charge in [0.2, 0.25) is 0 Å². The van der Waals surface area contributed by atoms with Crippen LogP contribution in [0.5, 0.6) is 0 Å². The first-order valence-electron chi connectivity index (χ1n) is 7.02. The van der Waals surface area contributed by atoms with Gasteiger partial charge in [0.25, 0.3) is 0 Å². The second-order valence-corrected chi connectivity index (χ2v) is 6.27. The molecule has 0 bridgehead atoms. The van der Waals surface area contributed by atoms with Gasteiger partial charge in [0.05, 0.1) is 12.6 Å². The van der Waals surface area contributed by atoms with Crippen LogP contribution in [0.25, 0.3) is 0 Å². The summed E-state index contributed by atoms with van der Waals surface area (Å²) in [4.78, 5) is 0. The number of hydrogen-bond donors (Lipinski definition) is 2. The van der Waals surface area contributed by atoms with Gasteiger partial charge in [0, 0.05) is 6.04 Å². The molecule has 1 fully saturated rings. The fraction of sp³-hybridized carbons (Fsp3) is 0.625. The summed E-state index contributed by atoms with van der Waals surface area (Å²) in [6, 6.07) is 10.9. The maximum atomic E-state index is 9.58.